The first-order chi connectivity index (χ1) is 10.1. The molecule has 0 unspecified atom stereocenters. The number of anilines is 1. The van der Waals surface area contributed by atoms with Gasteiger partial charge in [-0.3, -0.25) is 14.8 Å². The van der Waals surface area contributed by atoms with Crippen LogP contribution in [0.25, 0.3) is 0 Å². The van der Waals surface area contributed by atoms with Crippen LogP contribution in [0.4, 0.5) is 5.13 Å². The summed E-state index contributed by atoms with van der Waals surface area (Å²) in [7, 11) is 0. The highest BCUT2D eigenvalue weighted by atomic mass is 32.1. The number of hydrogen-bond acceptors (Lipinski definition) is 4. The second-order valence-corrected chi connectivity index (χ2v) is 6.76. The van der Waals surface area contributed by atoms with Crippen LogP contribution in [0.2, 0.25) is 0 Å². The number of rotatable bonds is 3. The van der Waals surface area contributed by atoms with Crippen molar-refractivity contribution in [3.63, 3.8) is 0 Å². The van der Waals surface area contributed by atoms with Crippen LogP contribution in [0, 0.1) is 12.8 Å². The van der Waals surface area contributed by atoms with Gasteiger partial charge in [0.15, 0.2) is 5.13 Å². The normalized spacial score (nSPS) is 17.6. The van der Waals surface area contributed by atoms with Gasteiger partial charge in [-0.05, 0) is 45.1 Å². The third-order valence-corrected chi connectivity index (χ3v) is 4.88. The van der Waals surface area contributed by atoms with Crippen molar-refractivity contribution in [2.45, 2.75) is 46.6 Å². The van der Waals surface area contributed by atoms with E-state index < -0.39 is 0 Å². The molecule has 2 aromatic rings. The van der Waals surface area contributed by atoms with Crippen molar-refractivity contribution in [3.05, 3.63) is 28.0 Å². The quantitative estimate of drug-likeness (QED) is 0.948. The number of aryl methyl sites for hydroxylation is 3. The van der Waals surface area contributed by atoms with E-state index in [0.717, 1.165) is 24.2 Å². The summed E-state index contributed by atoms with van der Waals surface area (Å²) in [4.78, 5) is 18.3. The number of nitrogens with zero attached hydrogens (tertiary/aromatic N) is 3. The van der Waals surface area contributed by atoms with Crippen molar-refractivity contribution in [2.24, 2.45) is 5.92 Å². The monoisotopic (exact) mass is 304 g/mol. The molecule has 1 atom stereocenters. The smallest absolute Gasteiger partial charge is 0.275 e. The van der Waals surface area contributed by atoms with E-state index >= 15 is 0 Å². The lowest BCUT2D eigenvalue weighted by Crippen LogP contribution is -2.17. The van der Waals surface area contributed by atoms with Crippen LogP contribution < -0.4 is 5.32 Å². The molecule has 0 aliphatic heterocycles. The average Bonchev–Trinajstić information content (AvgIpc) is 3.00. The maximum absolute atomic E-state index is 12.4. The minimum absolute atomic E-state index is 0.128. The Morgan fingerprint density at radius 2 is 2.38 bits per heavy atom. The molecule has 0 bridgehead atoms. The lowest BCUT2D eigenvalue weighted by atomic mass is 9.93. The number of aromatic nitrogens is 3. The van der Waals surface area contributed by atoms with E-state index in [4.69, 9.17) is 0 Å². The van der Waals surface area contributed by atoms with Gasteiger partial charge < -0.3 is 0 Å². The van der Waals surface area contributed by atoms with E-state index in [0.29, 0.717) is 23.3 Å². The summed E-state index contributed by atoms with van der Waals surface area (Å²) in [5, 5.41) is 7.94. The summed E-state index contributed by atoms with van der Waals surface area (Å²) in [5.41, 5.74) is 2.61. The van der Waals surface area contributed by atoms with Crippen molar-refractivity contribution in [1.29, 1.82) is 0 Å². The van der Waals surface area contributed by atoms with Gasteiger partial charge in [-0.15, -0.1) is 11.3 Å². The van der Waals surface area contributed by atoms with Gasteiger partial charge in [0.2, 0.25) is 0 Å². The van der Waals surface area contributed by atoms with Gasteiger partial charge >= 0.3 is 0 Å². The lowest BCUT2D eigenvalue weighted by Gasteiger charge is -2.15. The molecule has 1 aliphatic rings. The minimum Gasteiger partial charge on any atom is -0.296 e. The van der Waals surface area contributed by atoms with Crippen molar-refractivity contribution >= 4 is 22.4 Å². The third-order valence-electron chi connectivity index (χ3n) is 3.84. The molecule has 0 saturated heterocycles. The molecular weight excluding hydrogens is 284 g/mol. The average molecular weight is 304 g/mol. The molecule has 2 aromatic heterocycles. The Morgan fingerprint density at radius 1 is 1.57 bits per heavy atom. The summed E-state index contributed by atoms with van der Waals surface area (Å²) in [6, 6.07) is 1.81. The summed E-state index contributed by atoms with van der Waals surface area (Å²) in [6.45, 7) is 6.82. The molecule has 2 heterocycles. The van der Waals surface area contributed by atoms with Crippen LogP contribution in [0.15, 0.2) is 6.07 Å². The molecule has 0 radical (unpaired) electrons. The number of amides is 1. The van der Waals surface area contributed by atoms with Crippen molar-refractivity contribution in [2.75, 3.05) is 5.32 Å². The Balaban J connectivity index is 1.79. The highest BCUT2D eigenvalue weighted by Gasteiger charge is 2.21. The fourth-order valence-corrected chi connectivity index (χ4v) is 3.89. The van der Waals surface area contributed by atoms with E-state index in [2.05, 4.69) is 22.3 Å². The van der Waals surface area contributed by atoms with Gasteiger partial charge in [0, 0.05) is 11.4 Å². The largest absolute Gasteiger partial charge is 0.296 e. The van der Waals surface area contributed by atoms with Gasteiger partial charge in [0.05, 0.1) is 11.4 Å². The second-order valence-electron chi connectivity index (χ2n) is 5.68. The van der Waals surface area contributed by atoms with Crippen LogP contribution >= 0.6 is 11.3 Å². The lowest BCUT2D eigenvalue weighted by molar-refractivity contribution is 0.101. The highest BCUT2D eigenvalue weighted by molar-refractivity contribution is 7.15. The number of carbonyl (C=O) groups excluding carboxylic acids is 1. The van der Waals surface area contributed by atoms with E-state index in [1.807, 2.05) is 19.9 Å². The summed E-state index contributed by atoms with van der Waals surface area (Å²) in [6.07, 6.45) is 3.29. The fourth-order valence-electron chi connectivity index (χ4n) is 2.72. The maximum atomic E-state index is 12.4. The van der Waals surface area contributed by atoms with Gasteiger partial charge in [-0.1, -0.05) is 6.92 Å². The standard InChI is InChI=1S/C15H20N4OS/c1-4-19-12(8-10(3)18-19)14(20)17-15-16-11-6-5-9(2)7-13(11)21-15/h8-9H,4-7H2,1-3H3,(H,16,17,20)/t9-/m1/s1. The molecule has 0 spiro atoms. The zero-order chi connectivity index (χ0) is 15.0. The van der Waals surface area contributed by atoms with Crippen molar-refractivity contribution in [3.8, 4) is 0 Å². The molecule has 21 heavy (non-hydrogen) atoms. The van der Waals surface area contributed by atoms with Gasteiger partial charge in [0.25, 0.3) is 5.91 Å². The predicted molar refractivity (Wildman–Crippen MR) is 83.9 cm³/mol. The minimum atomic E-state index is -0.128. The maximum Gasteiger partial charge on any atom is 0.275 e. The van der Waals surface area contributed by atoms with E-state index in [9.17, 15) is 4.79 Å². The Hall–Kier alpha value is -1.69. The number of thiazole rings is 1. The molecule has 5 nitrogen and oxygen atoms in total. The first kappa shape index (κ1) is 14.3. The third kappa shape index (κ3) is 2.85. The Morgan fingerprint density at radius 3 is 3.14 bits per heavy atom. The second kappa shape index (κ2) is 5.60. The molecule has 0 fully saturated rings. The van der Waals surface area contributed by atoms with Crippen LogP contribution in [0.1, 0.15) is 47.0 Å². The van der Waals surface area contributed by atoms with Crippen molar-refractivity contribution < 1.29 is 4.79 Å². The predicted octanol–water partition coefficient (Wildman–Crippen LogP) is 3.05. The van der Waals surface area contributed by atoms with Crippen LogP contribution in [0.5, 0.6) is 0 Å². The number of hydrogen-bond donors (Lipinski definition) is 1. The van der Waals surface area contributed by atoms with Gasteiger partial charge in [0.1, 0.15) is 5.69 Å². The van der Waals surface area contributed by atoms with E-state index in [1.165, 1.54) is 11.3 Å². The summed E-state index contributed by atoms with van der Waals surface area (Å²) < 4.78 is 1.72. The number of carbonyl (C=O) groups is 1. The highest BCUT2D eigenvalue weighted by Crippen LogP contribution is 2.32. The summed E-state index contributed by atoms with van der Waals surface area (Å²) in [5.74, 6) is 0.585. The zero-order valence-electron chi connectivity index (χ0n) is 12.6. The molecule has 0 saturated carbocycles. The van der Waals surface area contributed by atoms with Crippen molar-refractivity contribution in [1.82, 2.24) is 14.8 Å². The first-order valence-corrected chi connectivity index (χ1v) is 8.22. The fraction of sp³-hybridized carbons (Fsp3) is 0.533. The van der Waals surface area contributed by atoms with Crippen LogP contribution in [0.3, 0.4) is 0 Å². The SMILES string of the molecule is CCn1nc(C)cc1C(=O)Nc1nc2c(s1)C[C@H](C)CC2. The first-order valence-electron chi connectivity index (χ1n) is 7.41. The molecule has 112 valence electrons. The molecule has 6 heteroatoms. The van der Waals surface area contributed by atoms with E-state index in [1.54, 1.807) is 16.0 Å². The summed E-state index contributed by atoms with van der Waals surface area (Å²) >= 11 is 1.61. The Labute approximate surface area is 128 Å². The topological polar surface area (TPSA) is 59.8 Å². The molecule has 1 aliphatic carbocycles. The molecule has 1 amide bonds. The number of fused-ring (bicyclic) bond motifs is 1. The van der Waals surface area contributed by atoms with Gasteiger partial charge in [-0.2, -0.15) is 5.10 Å². The van der Waals surface area contributed by atoms with Gasteiger partial charge in [-0.25, -0.2) is 4.98 Å². The zero-order valence-corrected chi connectivity index (χ0v) is 13.5. The molecular formula is C15H20N4OS. The molecule has 3 rings (SSSR count). The van der Waals surface area contributed by atoms with Crippen LogP contribution in [-0.4, -0.2) is 20.7 Å². The van der Waals surface area contributed by atoms with E-state index in [-0.39, 0.29) is 5.91 Å². The Bertz CT molecular complexity index is 673. The molecule has 0 aromatic carbocycles. The Kier molecular flexibility index (Phi) is 3.80. The van der Waals surface area contributed by atoms with Crippen LogP contribution in [-0.2, 0) is 19.4 Å². The number of nitrogens with one attached hydrogen (secondary N) is 1. The molecule has 1 N–H and O–H groups in total.